The van der Waals surface area contributed by atoms with Gasteiger partial charge in [-0.15, -0.1) is 0 Å². The molecular formula is C13H11BrF2N2. The third kappa shape index (κ3) is 2.73. The molecule has 0 radical (unpaired) electrons. The SMILES string of the molecule is NC(Cc1ccncc1)c1c(F)ccc(Br)c1F. The smallest absolute Gasteiger partial charge is 0.145 e. The minimum absolute atomic E-state index is 0.0961. The predicted octanol–water partition coefficient (Wildman–Crippen LogP) is 3.36. The van der Waals surface area contributed by atoms with Crippen molar-refractivity contribution in [3.63, 3.8) is 0 Å². The summed E-state index contributed by atoms with van der Waals surface area (Å²) in [6, 6.07) is 5.34. The van der Waals surface area contributed by atoms with Gasteiger partial charge in [-0.05, 0) is 52.2 Å². The van der Waals surface area contributed by atoms with Crippen LogP contribution in [-0.4, -0.2) is 4.98 Å². The van der Waals surface area contributed by atoms with Crippen LogP contribution in [0.2, 0.25) is 0 Å². The molecule has 2 aromatic rings. The van der Waals surface area contributed by atoms with E-state index in [2.05, 4.69) is 20.9 Å². The highest BCUT2D eigenvalue weighted by Crippen LogP contribution is 2.27. The molecule has 2 nitrogen and oxygen atoms in total. The Bertz CT molecular complexity index is 546. The minimum Gasteiger partial charge on any atom is -0.323 e. The fourth-order valence-corrected chi connectivity index (χ4v) is 2.10. The number of nitrogens with two attached hydrogens (primary N) is 1. The molecule has 5 heteroatoms. The summed E-state index contributed by atoms with van der Waals surface area (Å²) in [4.78, 5) is 3.88. The predicted molar refractivity (Wildman–Crippen MR) is 68.9 cm³/mol. The third-order valence-electron chi connectivity index (χ3n) is 2.66. The van der Waals surface area contributed by atoms with Crippen LogP contribution in [0.15, 0.2) is 41.1 Å². The number of pyridine rings is 1. The zero-order valence-corrected chi connectivity index (χ0v) is 11.0. The number of hydrogen-bond donors (Lipinski definition) is 1. The van der Waals surface area contributed by atoms with Crippen molar-refractivity contribution in [2.45, 2.75) is 12.5 Å². The zero-order chi connectivity index (χ0) is 13.1. The summed E-state index contributed by atoms with van der Waals surface area (Å²) < 4.78 is 27.7. The van der Waals surface area contributed by atoms with Crippen molar-refractivity contribution in [1.29, 1.82) is 0 Å². The molecule has 2 rings (SSSR count). The molecule has 0 bridgehead atoms. The highest BCUT2D eigenvalue weighted by atomic mass is 79.9. The molecule has 0 saturated carbocycles. The van der Waals surface area contributed by atoms with Crippen molar-refractivity contribution in [2.75, 3.05) is 0 Å². The number of aromatic nitrogens is 1. The van der Waals surface area contributed by atoms with Crippen LogP contribution in [0.5, 0.6) is 0 Å². The lowest BCUT2D eigenvalue weighted by atomic mass is 9.99. The van der Waals surface area contributed by atoms with Crippen molar-refractivity contribution in [2.24, 2.45) is 5.73 Å². The third-order valence-corrected chi connectivity index (χ3v) is 3.27. The van der Waals surface area contributed by atoms with E-state index in [0.717, 1.165) is 5.56 Å². The average molecular weight is 313 g/mol. The Balaban J connectivity index is 2.29. The van der Waals surface area contributed by atoms with Crippen LogP contribution in [0, 0.1) is 11.6 Å². The van der Waals surface area contributed by atoms with Crippen LogP contribution in [0.25, 0.3) is 0 Å². The van der Waals surface area contributed by atoms with Gasteiger partial charge < -0.3 is 5.73 Å². The van der Waals surface area contributed by atoms with Crippen molar-refractivity contribution in [3.05, 3.63) is 63.9 Å². The number of halogens is 3. The first-order valence-electron chi connectivity index (χ1n) is 5.37. The lowest BCUT2D eigenvalue weighted by molar-refractivity contribution is 0.521. The summed E-state index contributed by atoms with van der Waals surface area (Å²) in [6.45, 7) is 0. The van der Waals surface area contributed by atoms with Gasteiger partial charge in [0.25, 0.3) is 0 Å². The molecule has 0 spiro atoms. The molecule has 0 saturated heterocycles. The maximum absolute atomic E-state index is 13.8. The van der Waals surface area contributed by atoms with Crippen LogP contribution < -0.4 is 5.73 Å². The molecule has 1 aromatic carbocycles. The molecule has 0 amide bonds. The topological polar surface area (TPSA) is 38.9 Å². The van der Waals surface area contributed by atoms with E-state index >= 15 is 0 Å². The monoisotopic (exact) mass is 312 g/mol. The number of rotatable bonds is 3. The van der Waals surface area contributed by atoms with E-state index in [9.17, 15) is 8.78 Å². The van der Waals surface area contributed by atoms with Gasteiger partial charge >= 0.3 is 0 Å². The second-order valence-corrected chi connectivity index (χ2v) is 4.78. The van der Waals surface area contributed by atoms with Crippen molar-refractivity contribution in [1.82, 2.24) is 4.98 Å². The van der Waals surface area contributed by atoms with Gasteiger partial charge in [-0.2, -0.15) is 0 Å². The van der Waals surface area contributed by atoms with E-state index < -0.39 is 17.7 Å². The normalized spacial score (nSPS) is 12.4. The molecule has 0 aliphatic carbocycles. The Labute approximate surface area is 112 Å². The van der Waals surface area contributed by atoms with E-state index in [1.54, 1.807) is 24.5 Å². The van der Waals surface area contributed by atoms with Crippen molar-refractivity contribution >= 4 is 15.9 Å². The van der Waals surface area contributed by atoms with E-state index in [1.807, 2.05) is 0 Å². The molecule has 0 fully saturated rings. The first-order valence-corrected chi connectivity index (χ1v) is 6.16. The average Bonchev–Trinajstić information content (AvgIpc) is 2.36. The molecule has 1 unspecified atom stereocenters. The van der Waals surface area contributed by atoms with Gasteiger partial charge in [0.15, 0.2) is 0 Å². The molecule has 1 aromatic heterocycles. The second-order valence-electron chi connectivity index (χ2n) is 3.92. The molecule has 1 heterocycles. The second kappa shape index (κ2) is 5.54. The van der Waals surface area contributed by atoms with Gasteiger partial charge in [-0.1, -0.05) is 0 Å². The largest absolute Gasteiger partial charge is 0.323 e. The minimum atomic E-state index is -0.732. The number of hydrogen-bond acceptors (Lipinski definition) is 2. The Kier molecular flexibility index (Phi) is 4.04. The maximum Gasteiger partial charge on any atom is 0.145 e. The molecular weight excluding hydrogens is 302 g/mol. The Morgan fingerprint density at radius 2 is 1.83 bits per heavy atom. The zero-order valence-electron chi connectivity index (χ0n) is 9.41. The van der Waals surface area contributed by atoms with E-state index in [4.69, 9.17) is 5.73 Å². The van der Waals surface area contributed by atoms with Crippen LogP contribution >= 0.6 is 15.9 Å². The highest BCUT2D eigenvalue weighted by Gasteiger charge is 2.19. The standard InChI is InChI=1S/C13H11BrF2N2/c14-9-1-2-10(15)12(13(9)16)11(17)7-8-3-5-18-6-4-8/h1-6,11H,7,17H2. The van der Waals surface area contributed by atoms with E-state index in [0.29, 0.717) is 6.42 Å². The Hall–Kier alpha value is -1.33. The highest BCUT2D eigenvalue weighted by molar-refractivity contribution is 9.10. The van der Waals surface area contributed by atoms with Gasteiger partial charge in [-0.3, -0.25) is 4.98 Å². The molecule has 18 heavy (non-hydrogen) atoms. The first-order chi connectivity index (χ1) is 8.59. The van der Waals surface area contributed by atoms with Gasteiger partial charge in [0.2, 0.25) is 0 Å². The van der Waals surface area contributed by atoms with Gasteiger partial charge in [0, 0.05) is 24.0 Å². The van der Waals surface area contributed by atoms with Crippen LogP contribution in [-0.2, 0) is 6.42 Å². The fraction of sp³-hybridized carbons (Fsp3) is 0.154. The quantitative estimate of drug-likeness (QED) is 0.883. The summed E-state index contributed by atoms with van der Waals surface area (Å²) in [6.07, 6.45) is 3.60. The summed E-state index contributed by atoms with van der Waals surface area (Å²) in [5.41, 5.74) is 6.67. The van der Waals surface area contributed by atoms with Crippen molar-refractivity contribution < 1.29 is 8.78 Å². The number of nitrogens with zero attached hydrogens (tertiary/aromatic N) is 1. The molecule has 1 atom stereocenters. The van der Waals surface area contributed by atoms with Crippen LogP contribution in [0.4, 0.5) is 8.78 Å². The fourth-order valence-electron chi connectivity index (χ4n) is 1.76. The first kappa shape index (κ1) is 13.1. The maximum atomic E-state index is 13.8. The summed E-state index contributed by atoms with van der Waals surface area (Å²) in [7, 11) is 0. The van der Waals surface area contributed by atoms with Gasteiger partial charge in [-0.25, -0.2) is 8.78 Å². The summed E-state index contributed by atoms with van der Waals surface area (Å²) in [5, 5.41) is 0. The lowest BCUT2D eigenvalue weighted by Crippen LogP contribution is -2.17. The molecule has 0 aliphatic rings. The Morgan fingerprint density at radius 3 is 2.50 bits per heavy atom. The summed E-state index contributed by atoms with van der Waals surface area (Å²) in [5.74, 6) is -1.27. The lowest BCUT2D eigenvalue weighted by Gasteiger charge is -2.14. The number of benzene rings is 1. The summed E-state index contributed by atoms with van der Waals surface area (Å²) >= 11 is 3.03. The van der Waals surface area contributed by atoms with E-state index in [-0.39, 0.29) is 10.0 Å². The molecule has 2 N–H and O–H groups in total. The molecule has 0 aliphatic heterocycles. The van der Waals surface area contributed by atoms with Gasteiger partial charge in [0.1, 0.15) is 11.6 Å². The van der Waals surface area contributed by atoms with Gasteiger partial charge in [0.05, 0.1) is 4.47 Å². The van der Waals surface area contributed by atoms with Crippen LogP contribution in [0.1, 0.15) is 17.2 Å². The van der Waals surface area contributed by atoms with Crippen molar-refractivity contribution in [3.8, 4) is 0 Å². The van der Waals surface area contributed by atoms with E-state index in [1.165, 1.54) is 12.1 Å². The van der Waals surface area contributed by atoms with Crippen LogP contribution in [0.3, 0.4) is 0 Å². The Morgan fingerprint density at radius 1 is 1.17 bits per heavy atom. The molecule has 94 valence electrons.